The molecule has 3 nitrogen and oxygen atoms in total. The van der Waals surface area contributed by atoms with E-state index in [1.807, 2.05) is 0 Å². The zero-order valence-corrected chi connectivity index (χ0v) is 15.2. The standard InChI is InChI=1S/C19H30F3NO2/c1-3-4-5-6-7-12-25-17-9-8-15(10-11-18(2,23)14-24)13-16(17)19(20,21)22/h8-9,13,24H,3-7,10-12,14,23H2,1-2H3/t18-/m0/s1. The fraction of sp³-hybridized carbons (Fsp3) is 0.684. The molecule has 1 atom stereocenters. The van der Waals surface area contributed by atoms with Crippen LogP contribution in [0.2, 0.25) is 0 Å². The predicted molar refractivity (Wildman–Crippen MR) is 93.7 cm³/mol. The average molecular weight is 361 g/mol. The van der Waals surface area contributed by atoms with Gasteiger partial charge in [-0.1, -0.05) is 38.7 Å². The molecule has 3 N–H and O–H groups in total. The van der Waals surface area contributed by atoms with E-state index in [4.69, 9.17) is 15.6 Å². The Balaban J connectivity index is 2.72. The van der Waals surface area contributed by atoms with Crippen molar-refractivity contribution in [1.82, 2.24) is 0 Å². The summed E-state index contributed by atoms with van der Waals surface area (Å²) in [7, 11) is 0. The molecule has 144 valence electrons. The van der Waals surface area contributed by atoms with Crippen LogP contribution in [0, 0.1) is 0 Å². The molecule has 0 bridgehead atoms. The minimum Gasteiger partial charge on any atom is -0.493 e. The Morgan fingerprint density at radius 1 is 1.12 bits per heavy atom. The van der Waals surface area contributed by atoms with Crippen molar-refractivity contribution in [2.75, 3.05) is 13.2 Å². The van der Waals surface area contributed by atoms with Crippen molar-refractivity contribution in [2.24, 2.45) is 5.73 Å². The minimum absolute atomic E-state index is 0.121. The maximum Gasteiger partial charge on any atom is 0.419 e. The Morgan fingerprint density at radius 2 is 1.80 bits per heavy atom. The number of alkyl halides is 3. The Hall–Kier alpha value is -1.27. The van der Waals surface area contributed by atoms with Gasteiger partial charge in [0, 0.05) is 5.54 Å². The lowest BCUT2D eigenvalue weighted by Gasteiger charge is -2.22. The van der Waals surface area contributed by atoms with Crippen LogP contribution in [0.15, 0.2) is 18.2 Å². The highest BCUT2D eigenvalue weighted by Crippen LogP contribution is 2.37. The van der Waals surface area contributed by atoms with Crippen LogP contribution < -0.4 is 10.5 Å². The number of nitrogens with two attached hydrogens (primary N) is 1. The average Bonchev–Trinajstić information content (AvgIpc) is 2.56. The summed E-state index contributed by atoms with van der Waals surface area (Å²) >= 11 is 0. The summed E-state index contributed by atoms with van der Waals surface area (Å²) in [6, 6.07) is 4.14. The maximum atomic E-state index is 13.3. The van der Waals surface area contributed by atoms with Gasteiger partial charge in [-0.25, -0.2) is 0 Å². The molecule has 6 heteroatoms. The second-order valence-electron chi connectivity index (χ2n) is 6.90. The molecule has 0 radical (unpaired) electrons. The summed E-state index contributed by atoms with van der Waals surface area (Å²) in [5.41, 5.74) is 4.82. The lowest BCUT2D eigenvalue weighted by atomic mass is 9.94. The van der Waals surface area contributed by atoms with E-state index >= 15 is 0 Å². The lowest BCUT2D eigenvalue weighted by Crippen LogP contribution is -2.40. The summed E-state index contributed by atoms with van der Waals surface area (Å²) < 4.78 is 45.3. The molecule has 0 spiro atoms. The number of rotatable bonds is 11. The molecule has 0 amide bonds. The first kappa shape index (κ1) is 21.8. The van der Waals surface area contributed by atoms with Crippen molar-refractivity contribution < 1.29 is 23.0 Å². The van der Waals surface area contributed by atoms with Gasteiger partial charge in [0.15, 0.2) is 0 Å². The lowest BCUT2D eigenvalue weighted by molar-refractivity contribution is -0.139. The fourth-order valence-corrected chi connectivity index (χ4v) is 2.48. The van der Waals surface area contributed by atoms with E-state index in [0.29, 0.717) is 18.4 Å². The molecule has 0 unspecified atom stereocenters. The third-order valence-corrected chi connectivity index (χ3v) is 4.20. The highest BCUT2D eigenvalue weighted by atomic mass is 19.4. The van der Waals surface area contributed by atoms with Gasteiger partial charge in [-0.2, -0.15) is 13.2 Å². The summed E-state index contributed by atoms with van der Waals surface area (Å²) in [6.07, 6.45) is 1.36. The van der Waals surface area contributed by atoms with Gasteiger partial charge in [0.25, 0.3) is 0 Å². The molecule has 0 aliphatic carbocycles. The first-order valence-electron chi connectivity index (χ1n) is 8.92. The quantitative estimate of drug-likeness (QED) is 0.562. The molecule has 1 aromatic rings. The van der Waals surface area contributed by atoms with Crippen molar-refractivity contribution in [1.29, 1.82) is 0 Å². The molecule has 0 aliphatic heterocycles. The Labute approximate surface area is 148 Å². The first-order valence-corrected chi connectivity index (χ1v) is 8.92. The second-order valence-corrected chi connectivity index (χ2v) is 6.90. The molecule has 1 rings (SSSR count). The Kier molecular flexibility index (Phi) is 8.73. The number of aliphatic hydroxyl groups is 1. The third kappa shape index (κ3) is 8.10. The molecular formula is C19H30F3NO2. The van der Waals surface area contributed by atoms with Crippen LogP contribution in [0.5, 0.6) is 5.75 Å². The van der Waals surface area contributed by atoms with Gasteiger partial charge in [0.2, 0.25) is 0 Å². The summed E-state index contributed by atoms with van der Waals surface area (Å²) in [5, 5.41) is 9.15. The summed E-state index contributed by atoms with van der Waals surface area (Å²) in [5.74, 6) is -0.121. The van der Waals surface area contributed by atoms with Gasteiger partial charge >= 0.3 is 6.18 Å². The van der Waals surface area contributed by atoms with Crippen LogP contribution in [0.1, 0.15) is 63.5 Å². The van der Waals surface area contributed by atoms with Crippen LogP contribution in [0.4, 0.5) is 13.2 Å². The van der Waals surface area contributed by atoms with E-state index in [1.165, 1.54) is 6.07 Å². The Bertz CT molecular complexity index is 516. The van der Waals surface area contributed by atoms with Gasteiger partial charge in [0.05, 0.1) is 18.8 Å². The molecule has 0 saturated carbocycles. The maximum absolute atomic E-state index is 13.3. The van der Waals surface area contributed by atoms with Gasteiger partial charge in [-0.05, 0) is 43.9 Å². The van der Waals surface area contributed by atoms with E-state index in [2.05, 4.69) is 6.92 Å². The van der Waals surface area contributed by atoms with Crippen molar-refractivity contribution in [3.05, 3.63) is 29.3 Å². The number of ether oxygens (including phenoxy) is 1. The normalized spacial score (nSPS) is 14.4. The van der Waals surface area contributed by atoms with Crippen LogP contribution in [-0.4, -0.2) is 23.9 Å². The number of aryl methyl sites for hydroxylation is 1. The smallest absolute Gasteiger partial charge is 0.419 e. The summed E-state index contributed by atoms with van der Waals surface area (Å²) in [4.78, 5) is 0. The highest BCUT2D eigenvalue weighted by molar-refractivity contribution is 5.39. The predicted octanol–water partition coefficient (Wildman–Crippen LogP) is 4.70. The van der Waals surface area contributed by atoms with Crippen molar-refractivity contribution in [3.8, 4) is 5.75 Å². The summed E-state index contributed by atoms with van der Waals surface area (Å²) in [6.45, 7) is 3.87. The topological polar surface area (TPSA) is 55.5 Å². The monoisotopic (exact) mass is 361 g/mol. The molecule has 0 aromatic heterocycles. The van der Waals surface area contributed by atoms with Crippen molar-refractivity contribution in [2.45, 2.75) is 70.5 Å². The zero-order valence-electron chi connectivity index (χ0n) is 15.2. The fourth-order valence-electron chi connectivity index (χ4n) is 2.48. The van der Waals surface area contributed by atoms with Crippen LogP contribution in [-0.2, 0) is 12.6 Å². The second kappa shape index (κ2) is 10.0. The molecule has 0 fully saturated rings. The van der Waals surface area contributed by atoms with Crippen LogP contribution in [0.25, 0.3) is 0 Å². The minimum atomic E-state index is -4.46. The molecule has 0 saturated heterocycles. The van der Waals surface area contributed by atoms with E-state index in [-0.39, 0.29) is 19.0 Å². The zero-order chi connectivity index (χ0) is 18.9. The van der Waals surface area contributed by atoms with E-state index in [0.717, 1.165) is 38.2 Å². The SMILES string of the molecule is CCCCCCCOc1ccc(CC[C@](C)(N)CO)cc1C(F)(F)F. The number of benzene rings is 1. The van der Waals surface area contributed by atoms with Crippen molar-refractivity contribution in [3.63, 3.8) is 0 Å². The van der Waals surface area contributed by atoms with E-state index in [1.54, 1.807) is 13.0 Å². The molecule has 0 heterocycles. The molecule has 0 aliphatic rings. The van der Waals surface area contributed by atoms with Gasteiger partial charge in [-0.15, -0.1) is 0 Å². The van der Waals surface area contributed by atoms with Crippen molar-refractivity contribution >= 4 is 0 Å². The number of hydrogen-bond donors (Lipinski definition) is 2. The van der Waals surface area contributed by atoms with Gasteiger partial charge < -0.3 is 15.6 Å². The number of aliphatic hydroxyl groups excluding tert-OH is 1. The van der Waals surface area contributed by atoms with E-state index in [9.17, 15) is 13.2 Å². The van der Waals surface area contributed by atoms with Crippen LogP contribution >= 0.6 is 0 Å². The first-order chi connectivity index (χ1) is 11.7. The number of hydrogen-bond acceptors (Lipinski definition) is 3. The Morgan fingerprint density at radius 3 is 2.40 bits per heavy atom. The number of unbranched alkanes of at least 4 members (excludes halogenated alkanes) is 4. The van der Waals surface area contributed by atoms with E-state index < -0.39 is 17.3 Å². The van der Waals surface area contributed by atoms with Crippen LogP contribution in [0.3, 0.4) is 0 Å². The van der Waals surface area contributed by atoms with Gasteiger partial charge in [0.1, 0.15) is 5.75 Å². The molecular weight excluding hydrogens is 331 g/mol. The molecule has 25 heavy (non-hydrogen) atoms. The highest BCUT2D eigenvalue weighted by Gasteiger charge is 2.34. The van der Waals surface area contributed by atoms with Gasteiger partial charge in [-0.3, -0.25) is 0 Å². The largest absolute Gasteiger partial charge is 0.493 e. The third-order valence-electron chi connectivity index (χ3n) is 4.20. The number of halogens is 3. The molecule has 1 aromatic carbocycles.